The van der Waals surface area contributed by atoms with E-state index in [1.807, 2.05) is 50.4 Å². The second-order valence-corrected chi connectivity index (χ2v) is 8.50. The number of H-pyrrole nitrogens is 1. The first-order chi connectivity index (χ1) is 16.9. The summed E-state index contributed by atoms with van der Waals surface area (Å²) in [5.41, 5.74) is 6.32. The lowest BCUT2D eigenvalue weighted by Crippen LogP contribution is -2.36. The third-order valence-corrected chi connectivity index (χ3v) is 5.64. The molecule has 0 bridgehead atoms. The van der Waals surface area contributed by atoms with E-state index in [2.05, 4.69) is 33.1 Å². The van der Waals surface area contributed by atoms with Gasteiger partial charge in [0.05, 0.1) is 0 Å². The Morgan fingerprint density at radius 2 is 1.77 bits per heavy atom. The van der Waals surface area contributed by atoms with Crippen LogP contribution < -0.4 is 16.0 Å². The maximum absolute atomic E-state index is 13.0. The van der Waals surface area contributed by atoms with Gasteiger partial charge in [-0.25, -0.2) is 0 Å². The quantitative estimate of drug-likeness (QED) is 0.232. The molecule has 0 aliphatic heterocycles. The minimum atomic E-state index is -0.319. The molecule has 0 radical (unpaired) electrons. The van der Waals surface area contributed by atoms with Crippen LogP contribution in [0.1, 0.15) is 34.0 Å². The van der Waals surface area contributed by atoms with Crippen LogP contribution in [0.3, 0.4) is 0 Å². The van der Waals surface area contributed by atoms with Crippen LogP contribution in [0.15, 0.2) is 77.9 Å². The van der Waals surface area contributed by atoms with Crippen LogP contribution in [-0.4, -0.2) is 29.3 Å². The molecule has 0 fully saturated rings. The van der Waals surface area contributed by atoms with E-state index < -0.39 is 0 Å². The first-order valence-electron chi connectivity index (χ1n) is 11.5. The number of hydrogen-bond donors (Lipinski definition) is 4. The molecule has 0 saturated heterocycles. The predicted octanol–water partition coefficient (Wildman–Crippen LogP) is 5.18. The van der Waals surface area contributed by atoms with Crippen molar-refractivity contribution in [3.63, 3.8) is 0 Å². The van der Waals surface area contributed by atoms with E-state index >= 15 is 0 Å². The van der Waals surface area contributed by atoms with Crippen LogP contribution in [0.25, 0.3) is 10.9 Å². The van der Waals surface area contributed by atoms with Crippen molar-refractivity contribution in [2.24, 2.45) is 4.99 Å². The fourth-order valence-electron chi connectivity index (χ4n) is 3.94. The van der Waals surface area contributed by atoms with Gasteiger partial charge in [0.1, 0.15) is 0 Å². The molecule has 4 N–H and O–H groups in total. The summed E-state index contributed by atoms with van der Waals surface area (Å²) in [5.74, 6) is -0.148. The van der Waals surface area contributed by atoms with Crippen LogP contribution in [0.5, 0.6) is 0 Å². The highest BCUT2D eigenvalue weighted by Gasteiger charge is 2.12. The lowest BCUT2D eigenvalue weighted by atomic mass is 10.1. The number of guanidine groups is 1. The van der Waals surface area contributed by atoms with Crippen molar-refractivity contribution in [1.29, 1.82) is 0 Å². The molecule has 4 rings (SSSR count). The van der Waals surface area contributed by atoms with Gasteiger partial charge in [-0.15, -0.1) is 0 Å². The molecule has 0 saturated carbocycles. The number of carbonyl (C=O) groups is 2. The Morgan fingerprint density at radius 1 is 0.943 bits per heavy atom. The number of amides is 2. The molecular formula is C28H29N5O2. The molecule has 2 amide bonds. The second-order valence-electron chi connectivity index (χ2n) is 8.50. The number of aliphatic imine (C=N–C) groups is 1. The maximum atomic E-state index is 13.0. The minimum Gasteiger partial charge on any atom is -0.361 e. The van der Waals surface area contributed by atoms with Crippen LogP contribution in [0, 0.1) is 13.8 Å². The Balaban J connectivity index is 1.54. The third-order valence-electron chi connectivity index (χ3n) is 5.64. The van der Waals surface area contributed by atoms with Gasteiger partial charge in [0.25, 0.3) is 5.91 Å². The highest BCUT2D eigenvalue weighted by atomic mass is 16.2. The maximum Gasteiger partial charge on any atom is 0.258 e. The Bertz CT molecular complexity index is 1400. The molecule has 7 heteroatoms. The molecule has 3 aromatic carbocycles. The lowest BCUT2D eigenvalue weighted by Gasteiger charge is -2.14. The van der Waals surface area contributed by atoms with Crippen molar-refractivity contribution in [2.45, 2.75) is 27.2 Å². The molecule has 0 aliphatic rings. The number of nitrogens with one attached hydrogen (secondary N) is 4. The SMILES string of the molecule is CC(=O)Nc1cccc(C(=O)NC(=NCCc2c[nH]c3ccccc23)Nc2ccc(C)cc2C)c1. The summed E-state index contributed by atoms with van der Waals surface area (Å²) in [6.45, 7) is 5.97. The monoisotopic (exact) mass is 467 g/mol. The topological polar surface area (TPSA) is 98.4 Å². The van der Waals surface area contributed by atoms with Gasteiger partial charge in [-0.05, 0) is 61.7 Å². The lowest BCUT2D eigenvalue weighted by molar-refractivity contribution is -0.114. The summed E-state index contributed by atoms with van der Waals surface area (Å²) in [6, 6.07) is 21.0. The average molecular weight is 468 g/mol. The average Bonchev–Trinajstić information content (AvgIpc) is 3.23. The highest BCUT2D eigenvalue weighted by molar-refractivity contribution is 6.10. The van der Waals surface area contributed by atoms with Gasteiger partial charge >= 0.3 is 0 Å². The van der Waals surface area contributed by atoms with E-state index in [9.17, 15) is 9.59 Å². The van der Waals surface area contributed by atoms with Crippen molar-refractivity contribution in [2.75, 3.05) is 17.2 Å². The first kappa shape index (κ1) is 23.8. The molecule has 7 nitrogen and oxygen atoms in total. The second kappa shape index (κ2) is 10.7. The number of aromatic amines is 1. The zero-order chi connectivity index (χ0) is 24.8. The summed E-state index contributed by atoms with van der Waals surface area (Å²) >= 11 is 0. The van der Waals surface area contributed by atoms with Crippen LogP contribution >= 0.6 is 0 Å². The molecule has 35 heavy (non-hydrogen) atoms. The number of fused-ring (bicyclic) bond motifs is 1. The molecule has 0 unspecified atom stereocenters. The van der Waals surface area contributed by atoms with Crippen molar-refractivity contribution in [1.82, 2.24) is 10.3 Å². The van der Waals surface area contributed by atoms with Gasteiger partial charge < -0.3 is 15.6 Å². The zero-order valence-electron chi connectivity index (χ0n) is 20.1. The standard InChI is InChI=1S/C28H29N5O2/c1-18-11-12-25(19(2)15-18)32-28(29-14-13-22-17-30-26-10-5-4-9-24(22)26)33-27(35)21-7-6-8-23(16-21)31-20(3)34/h4-12,15-17,30H,13-14H2,1-3H3,(H,31,34)(H2,29,32,33,35). The fourth-order valence-corrected chi connectivity index (χ4v) is 3.94. The molecule has 4 aromatic rings. The van der Waals surface area contributed by atoms with Crippen LogP contribution in [0.4, 0.5) is 11.4 Å². The van der Waals surface area contributed by atoms with Gasteiger partial charge in [-0.3, -0.25) is 19.9 Å². The van der Waals surface area contributed by atoms with Gasteiger partial charge in [-0.1, -0.05) is 42.0 Å². The van der Waals surface area contributed by atoms with Gasteiger partial charge in [-0.2, -0.15) is 0 Å². The van der Waals surface area contributed by atoms with Gasteiger partial charge in [0.15, 0.2) is 0 Å². The van der Waals surface area contributed by atoms with Crippen molar-refractivity contribution < 1.29 is 9.59 Å². The summed E-state index contributed by atoms with van der Waals surface area (Å²) in [7, 11) is 0. The Hall–Kier alpha value is -4.39. The number of aryl methyl sites for hydroxylation is 2. The summed E-state index contributed by atoms with van der Waals surface area (Å²) in [6.07, 6.45) is 2.72. The number of benzene rings is 3. The van der Waals surface area contributed by atoms with Gasteiger partial charge in [0.2, 0.25) is 11.9 Å². The molecule has 1 heterocycles. The fraction of sp³-hybridized carbons (Fsp3) is 0.179. The largest absolute Gasteiger partial charge is 0.361 e. The molecule has 0 atom stereocenters. The Labute approximate surface area is 204 Å². The van der Waals surface area contributed by atoms with E-state index in [0.29, 0.717) is 23.8 Å². The van der Waals surface area contributed by atoms with Gasteiger partial charge in [0, 0.05) is 47.5 Å². The number of anilines is 2. The van der Waals surface area contributed by atoms with E-state index in [4.69, 9.17) is 4.99 Å². The summed E-state index contributed by atoms with van der Waals surface area (Å²) in [5, 5.41) is 10.1. The number of nitrogens with zero attached hydrogens (tertiary/aromatic N) is 1. The smallest absolute Gasteiger partial charge is 0.258 e. The molecule has 1 aromatic heterocycles. The van der Waals surface area contributed by atoms with E-state index in [1.54, 1.807) is 24.3 Å². The normalized spacial score (nSPS) is 11.3. The van der Waals surface area contributed by atoms with Crippen molar-refractivity contribution >= 4 is 40.1 Å². The van der Waals surface area contributed by atoms with E-state index in [1.165, 1.54) is 17.9 Å². The third kappa shape index (κ3) is 6.14. The molecule has 178 valence electrons. The number of carbonyl (C=O) groups excluding carboxylic acids is 2. The number of rotatable bonds is 6. The molecule has 0 aliphatic carbocycles. The van der Waals surface area contributed by atoms with E-state index in [0.717, 1.165) is 28.8 Å². The predicted molar refractivity (Wildman–Crippen MR) is 142 cm³/mol. The first-order valence-corrected chi connectivity index (χ1v) is 11.5. The van der Waals surface area contributed by atoms with E-state index in [-0.39, 0.29) is 11.8 Å². The Kier molecular flexibility index (Phi) is 7.26. The number of para-hydroxylation sites is 1. The van der Waals surface area contributed by atoms with Crippen molar-refractivity contribution in [3.8, 4) is 0 Å². The number of hydrogen-bond acceptors (Lipinski definition) is 3. The molecular weight excluding hydrogens is 438 g/mol. The Morgan fingerprint density at radius 3 is 2.57 bits per heavy atom. The summed E-state index contributed by atoms with van der Waals surface area (Å²) < 4.78 is 0. The van der Waals surface area contributed by atoms with Crippen LogP contribution in [0.2, 0.25) is 0 Å². The minimum absolute atomic E-state index is 0.196. The number of aromatic nitrogens is 1. The van der Waals surface area contributed by atoms with Crippen LogP contribution in [-0.2, 0) is 11.2 Å². The van der Waals surface area contributed by atoms with Crippen molar-refractivity contribution in [3.05, 3.63) is 95.2 Å². The highest BCUT2D eigenvalue weighted by Crippen LogP contribution is 2.19. The summed E-state index contributed by atoms with van der Waals surface area (Å²) in [4.78, 5) is 32.4. The zero-order valence-corrected chi connectivity index (χ0v) is 20.1. The molecule has 0 spiro atoms.